The van der Waals surface area contributed by atoms with E-state index >= 15 is 0 Å². The second-order valence-corrected chi connectivity index (χ2v) is 7.14. The van der Waals surface area contributed by atoms with Crippen LogP contribution in [0.25, 0.3) is 0 Å². The number of ether oxygens (including phenoxy) is 1. The van der Waals surface area contributed by atoms with E-state index in [-0.39, 0.29) is 10.8 Å². The minimum atomic E-state index is 0.116. The molecule has 2 heteroatoms. The number of rotatable bonds is 8. The third kappa shape index (κ3) is 4.47. The minimum Gasteiger partial charge on any atom is -0.493 e. The SMILES string of the molecule is CCC(C)(C)c1ccc(C(C)(C)CC)c(OCCC[NH])c1. The number of benzene rings is 1. The van der Waals surface area contributed by atoms with Gasteiger partial charge in [0, 0.05) is 6.54 Å². The van der Waals surface area contributed by atoms with Gasteiger partial charge in [-0.1, -0.05) is 53.7 Å². The highest BCUT2D eigenvalue weighted by atomic mass is 16.5. The van der Waals surface area contributed by atoms with Crippen molar-refractivity contribution in [3.8, 4) is 5.75 Å². The molecule has 1 N–H and O–H groups in total. The van der Waals surface area contributed by atoms with Crippen LogP contribution in [0.15, 0.2) is 18.2 Å². The van der Waals surface area contributed by atoms with Gasteiger partial charge in [-0.15, -0.1) is 0 Å². The van der Waals surface area contributed by atoms with Gasteiger partial charge in [-0.25, -0.2) is 0 Å². The van der Waals surface area contributed by atoms with E-state index in [0.717, 1.165) is 25.0 Å². The monoisotopic (exact) mass is 290 g/mol. The van der Waals surface area contributed by atoms with E-state index in [1.807, 2.05) is 0 Å². The summed E-state index contributed by atoms with van der Waals surface area (Å²) in [6.45, 7) is 14.6. The Hall–Kier alpha value is -1.02. The first-order valence-electron chi connectivity index (χ1n) is 8.21. The van der Waals surface area contributed by atoms with Crippen LogP contribution in [-0.4, -0.2) is 13.2 Å². The molecule has 0 aliphatic rings. The zero-order valence-electron chi connectivity index (χ0n) is 14.7. The maximum absolute atomic E-state index is 7.27. The van der Waals surface area contributed by atoms with Crippen LogP contribution in [0.2, 0.25) is 0 Å². The molecule has 1 aromatic carbocycles. The highest BCUT2D eigenvalue weighted by molar-refractivity contribution is 5.44. The van der Waals surface area contributed by atoms with Crippen LogP contribution in [0, 0.1) is 0 Å². The van der Waals surface area contributed by atoms with E-state index in [0.29, 0.717) is 13.2 Å². The molecular formula is C19H32NO. The van der Waals surface area contributed by atoms with Crippen LogP contribution in [0.3, 0.4) is 0 Å². The fraction of sp³-hybridized carbons (Fsp3) is 0.684. The molecule has 0 saturated heterocycles. The van der Waals surface area contributed by atoms with Gasteiger partial charge in [0.2, 0.25) is 0 Å². The smallest absolute Gasteiger partial charge is 0.123 e. The second kappa shape index (κ2) is 7.31. The molecule has 0 fully saturated rings. The lowest BCUT2D eigenvalue weighted by Crippen LogP contribution is -2.20. The summed E-state index contributed by atoms with van der Waals surface area (Å²) in [4.78, 5) is 0. The van der Waals surface area contributed by atoms with Gasteiger partial charge < -0.3 is 4.74 Å². The Kier molecular flexibility index (Phi) is 6.27. The summed E-state index contributed by atoms with van der Waals surface area (Å²) in [5.74, 6) is 1.01. The topological polar surface area (TPSA) is 33.0 Å². The lowest BCUT2D eigenvalue weighted by molar-refractivity contribution is 0.300. The van der Waals surface area contributed by atoms with Gasteiger partial charge in [0.1, 0.15) is 5.75 Å². The van der Waals surface area contributed by atoms with Crippen LogP contribution in [-0.2, 0) is 10.8 Å². The minimum absolute atomic E-state index is 0.116. The molecule has 119 valence electrons. The van der Waals surface area contributed by atoms with E-state index < -0.39 is 0 Å². The first kappa shape index (κ1) is 18.0. The highest BCUT2D eigenvalue weighted by Crippen LogP contribution is 2.38. The van der Waals surface area contributed by atoms with Crippen molar-refractivity contribution in [2.24, 2.45) is 0 Å². The van der Waals surface area contributed by atoms with Gasteiger partial charge >= 0.3 is 0 Å². The molecule has 21 heavy (non-hydrogen) atoms. The van der Waals surface area contributed by atoms with Crippen molar-refractivity contribution < 1.29 is 4.74 Å². The van der Waals surface area contributed by atoms with Crippen LogP contribution in [0.1, 0.15) is 71.9 Å². The molecule has 0 atom stereocenters. The van der Waals surface area contributed by atoms with Crippen molar-refractivity contribution in [2.45, 2.75) is 71.6 Å². The quantitative estimate of drug-likeness (QED) is 0.612. The van der Waals surface area contributed by atoms with E-state index in [1.165, 1.54) is 11.1 Å². The van der Waals surface area contributed by atoms with E-state index in [9.17, 15) is 0 Å². The first-order chi connectivity index (χ1) is 9.78. The largest absolute Gasteiger partial charge is 0.493 e. The van der Waals surface area contributed by atoms with Gasteiger partial charge in [0.15, 0.2) is 0 Å². The van der Waals surface area contributed by atoms with Crippen LogP contribution >= 0.6 is 0 Å². The van der Waals surface area contributed by atoms with Gasteiger partial charge in [-0.3, -0.25) is 5.73 Å². The Morgan fingerprint density at radius 1 is 1.00 bits per heavy atom. The first-order valence-corrected chi connectivity index (χ1v) is 8.21. The Balaban J connectivity index is 3.20. The summed E-state index contributed by atoms with van der Waals surface area (Å²) in [6, 6.07) is 6.72. The molecule has 0 heterocycles. The van der Waals surface area contributed by atoms with Crippen molar-refractivity contribution in [1.82, 2.24) is 5.73 Å². The Morgan fingerprint density at radius 3 is 2.14 bits per heavy atom. The molecule has 0 amide bonds. The van der Waals surface area contributed by atoms with Crippen molar-refractivity contribution in [3.05, 3.63) is 29.3 Å². The number of hydrogen-bond donors (Lipinski definition) is 0. The van der Waals surface area contributed by atoms with E-state index in [4.69, 9.17) is 10.5 Å². The maximum atomic E-state index is 7.27. The number of hydrogen-bond acceptors (Lipinski definition) is 1. The molecular weight excluding hydrogens is 258 g/mol. The van der Waals surface area contributed by atoms with E-state index in [2.05, 4.69) is 59.7 Å². The van der Waals surface area contributed by atoms with Crippen molar-refractivity contribution in [3.63, 3.8) is 0 Å². The predicted octanol–water partition coefficient (Wildman–Crippen LogP) is 5.11. The molecule has 1 radical (unpaired) electrons. The van der Waals surface area contributed by atoms with Crippen LogP contribution < -0.4 is 10.5 Å². The Bertz CT molecular complexity index is 449. The lowest BCUT2D eigenvalue weighted by Gasteiger charge is -2.29. The lowest BCUT2D eigenvalue weighted by atomic mass is 9.77. The summed E-state index contributed by atoms with van der Waals surface area (Å²) >= 11 is 0. The molecule has 0 saturated carbocycles. The zero-order valence-corrected chi connectivity index (χ0v) is 14.7. The summed E-state index contributed by atoms with van der Waals surface area (Å²) in [5.41, 5.74) is 10.2. The molecule has 0 aliphatic heterocycles. The molecule has 0 unspecified atom stereocenters. The molecule has 0 bridgehead atoms. The van der Waals surface area contributed by atoms with Gasteiger partial charge in [0.25, 0.3) is 0 Å². The number of nitrogens with one attached hydrogen (secondary N) is 1. The fourth-order valence-corrected chi connectivity index (χ4v) is 2.27. The molecule has 0 aromatic heterocycles. The van der Waals surface area contributed by atoms with Crippen LogP contribution in [0.5, 0.6) is 5.75 Å². The van der Waals surface area contributed by atoms with Crippen molar-refractivity contribution in [2.75, 3.05) is 13.2 Å². The average Bonchev–Trinajstić information content (AvgIpc) is 2.47. The Morgan fingerprint density at radius 2 is 1.62 bits per heavy atom. The standard InChI is InChI=1S/C19H32NO/c1-7-18(3,4)15-10-11-16(19(5,6)8-2)17(14-15)21-13-9-12-20/h10-11,14,20H,7-9,12-13H2,1-6H3. The summed E-state index contributed by atoms with van der Waals surface area (Å²) in [7, 11) is 0. The molecule has 0 aliphatic carbocycles. The summed E-state index contributed by atoms with van der Waals surface area (Å²) in [6.07, 6.45) is 2.97. The molecule has 1 aromatic rings. The second-order valence-electron chi connectivity index (χ2n) is 7.14. The zero-order chi connectivity index (χ0) is 16.1. The third-order valence-corrected chi connectivity index (χ3v) is 4.84. The maximum Gasteiger partial charge on any atom is 0.123 e. The van der Waals surface area contributed by atoms with Crippen molar-refractivity contribution >= 4 is 0 Å². The Labute approximate surface area is 131 Å². The summed E-state index contributed by atoms with van der Waals surface area (Å²) < 4.78 is 6.03. The van der Waals surface area contributed by atoms with Crippen LogP contribution in [0.4, 0.5) is 0 Å². The average molecular weight is 290 g/mol. The van der Waals surface area contributed by atoms with Crippen molar-refractivity contribution in [1.29, 1.82) is 0 Å². The van der Waals surface area contributed by atoms with Gasteiger partial charge in [0.05, 0.1) is 6.61 Å². The fourth-order valence-electron chi connectivity index (χ4n) is 2.27. The third-order valence-electron chi connectivity index (χ3n) is 4.84. The summed E-state index contributed by atoms with van der Waals surface area (Å²) in [5, 5.41) is 0. The highest BCUT2D eigenvalue weighted by Gasteiger charge is 2.25. The molecule has 1 rings (SSSR count). The van der Waals surface area contributed by atoms with Gasteiger partial charge in [-0.2, -0.15) is 0 Å². The van der Waals surface area contributed by atoms with E-state index in [1.54, 1.807) is 0 Å². The molecule has 2 nitrogen and oxygen atoms in total. The predicted molar refractivity (Wildman–Crippen MR) is 91.2 cm³/mol. The van der Waals surface area contributed by atoms with Gasteiger partial charge in [-0.05, 0) is 47.3 Å². The molecule has 0 spiro atoms. The normalized spacial score (nSPS) is 12.5.